The Morgan fingerprint density at radius 2 is 0.667 bits per heavy atom. The Labute approximate surface area is 351 Å². The average Bonchev–Trinajstić information content (AvgIpc) is 3.10. The summed E-state index contributed by atoms with van der Waals surface area (Å²) in [4.78, 5) is 24.3. The number of hydrogen-bond donors (Lipinski definition) is 10. The molecule has 0 saturated heterocycles. The first-order valence-corrected chi connectivity index (χ1v) is 18.2. The highest BCUT2D eigenvalue weighted by molar-refractivity contribution is 5.89. The third-order valence-corrected chi connectivity index (χ3v) is 6.35. The van der Waals surface area contributed by atoms with Crippen LogP contribution in [0.4, 0.5) is 0 Å². The highest BCUT2D eigenvalue weighted by Crippen LogP contribution is 2.39. The minimum Gasteiger partial charge on any atom is -0.508 e. The van der Waals surface area contributed by atoms with E-state index in [1.54, 1.807) is 0 Å². The first kappa shape index (κ1) is 55.4. The fraction of sp³-hybridized carbons (Fsp3) is 0.348. The molecule has 6 aromatic rings. The van der Waals surface area contributed by atoms with Crippen molar-refractivity contribution >= 4 is 21.9 Å². The molecule has 14 heteroatoms. The van der Waals surface area contributed by atoms with E-state index in [4.69, 9.17) is 8.83 Å². The largest absolute Gasteiger partial charge is 0.508 e. The van der Waals surface area contributed by atoms with E-state index in [0.717, 1.165) is 48.5 Å². The molecule has 60 heavy (non-hydrogen) atoms. The lowest BCUT2D eigenvalue weighted by atomic mass is 10.0. The predicted molar refractivity (Wildman–Crippen MR) is 239 cm³/mol. The van der Waals surface area contributed by atoms with E-state index in [-0.39, 0.29) is 82.4 Å². The van der Waals surface area contributed by atoms with Gasteiger partial charge in [-0.2, -0.15) is 0 Å². The van der Waals surface area contributed by atoms with Gasteiger partial charge in [0.25, 0.3) is 0 Å². The summed E-state index contributed by atoms with van der Waals surface area (Å²) in [6.45, 7) is 25.5. The van der Waals surface area contributed by atoms with Crippen molar-refractivity contribution in [2.24, 2.45) is 10.8 Å². The predicted octanol–water partition coefficient (Wildman–Crippen LogP) is 11.4. The van der Waals surface area contributed by atoms with E-state index in [1.165, 1.54) is 12.1 Å². The number of fused-ring (bicyclic) bond motifs is 2. The molecule has 0 aliphatic carbocycles. The van der Waals surface area contributed by atoms with Gasteiger partial charge >= 0.3 is 0 Å². The second-order valence-electron chi connectivity index (χ2n) is 15.3. The molecule has 0 atom stereocenters. The Balaban J connectivity index is 0. The Bertz CT molecular complexity index is 2250. The number of benzene rings is 4. The molecule has 0 fully saturated rings. The van der Waals surface area contributed by atoms with Crippen molar-refractivity contribution in [1.29, 1.82) is 0 Å². The molecule has 0 aliphatic heterocycles. The van der Waals surface area contributed by atoms with Crippen LogP contribution in [0.25, 0.3) is 44.6 Å². The zero-order chi connectivity index (χ0) is 45.0. The summed E-state index contributed by atoms with van der Waals surface area (Å²) in [5.41, 5.74) is -0.780. The molecule has 14 nitrogen and oxygen atoms in total. The minimum absolute atomic E-state index is 0. The zero-order valence-corrected chi connectivity index (χ0v) is 34.9. The van der Waals surface area contributed by atoms with Gasteiger partial charge in [-0.1, -0.05) is 97.9 Å². The number of phenolic OH excluding ortho intramolecular Hbond substituents is 8. The Morgan fingerprint density at radius 3 is 0.917 bits per heavy atom. The fourth-order valence-electron chi connectivity index (χ4n) is 4.27. The lowest BCUT2D eigenvalue weighted by Crippen LogP contribution is -2.02. The quantitative estimate of drug-likeness (QED) is 0.0727. The van der Waals surface area contributed by atoms with E-state index in [1.807, 2.05) is 27.7 Å². The van der Waals surface area contributed by atoms with E-state index >= 15 is 0 Å². The normalized spacial score (nSPS) is 10.2. The highest BCUT2D eigenvalue weighted by atomic mass is 16.4. The molecule has 0 aliphatic rings. The molecule has 332 valence electrons. The monoisotopic (exact) mass is 840 g/mol. The fourth-order valence-corrected chi connectivity index (χ4v) is 4.27. The number of phenols is 8. The van der Waals surface area contributed by atoms with Crippen LogP contribution in [0.1, 0.15) is 97.9 Å². The van der Waals surface area contributed by atoms with Crippen molar-refractivity contribution in [2.75, 3.05) is 0 Å². The van der Waals surface area contributed by atoms with Crippen LogP contribution < -0.4 is 10.9 Å². The number of hydrogen-bond acceptors (Lipinski definition) is 14. The summed E-state index contributed by atoms with van der Waals surface area (Å²) < 4.78 is 10.7. The molecule has 6 rings (SSSR count). The van der Waals surface area contributed by atoms with Crippen molar-refractivity contribution in [3.63, 3.8) is 0 Å². The highest BCUT2D eigenvalue weighted by Gasteiger charge is 2.21. The van der Waals surface area contributed by atoms with Crippen LogP contribution in [-0.4, -0.2) is 51.1 Å². The van der Waals surface area contributed by atoms with Gasteiger partial charge in [0.05, 0.1) is 0 Å². The second-order valence-corrected chi connectivity index (χ2v) is 15.3. The third kappa shape index (κ3) is 15.6. The summed E-state index contributed by atoms with van der Waals surface area (Å²) >= 11 is 0. The molecule has 0 unspecified atom stereocenters. The standard InChI is InChI=1S/2C15H10O7.2C5H12.2C2H6.2CH4/c2*16-7-4-10(19)12-11(5-7)22-15(14(21)13(12)20)6-1-2-8(17)9(18)3-6;2*1-5(2,3)4;2*1-2;;/h2*1-5,16-19,21H;2*1-4H3;2*1-2H3;2*1H4. The van der Waals surface area contributed by atoms with Crippen molar-refractivity contribution in [3.05, 3.63) is 81.1 Å². The smallest absolute Gasteiger partial charge is 0.238 e. The molecule has 4 aromatic carbocycles. The lowest BCUT2D eigenvalue weighted by molar-refractivity contribution is 0.403. The van der Waals surface area contributed by atoms with Gasteiger partial charge in [-0.05, 0) is 47.2 Å². The van der Waals surface area contributed by atoms with Crippen molar-refractivity contribution in [1.82, 2.24) is 0 Å². The Morgan fingerprint density at radius 1 is 0.400 bits per heavy atom. The van der Waals surface area contributed by atoms with E-state index < -0.39 is 45.4 Å². The molecule has 2 heterocycles. The van der Waals surface area contributed by atoms with Crippen LogP contribution in [0.15, 0.2) is 79.1 Å². The number of aromatic hydroxyl groups is 10. The van der Waals surface area contributed by atoms with Crippen LogP contribution in [0, 0.1) is 10.8 Å². The van der Waals surface area contributed by atoms with Crippen molar-refractivity contribution in [3.8, 4) is 80.1 Å². The van der Waals surface area contributed by atoms with Gasteiger partial charge in [0, 0.05) is 35.4 Å². The molecule has 2 aromatic heterocycles. The molecule has 0 spiro atoms. The second kappa shape index (κ2) is 23.0. The third-order valence-electron chi connectivity index (χ3n) is 6.35. The molecule has 0 radical (unpaired) electrons. The minimum atomic E-state index is -0.888. The maximum absolute atomic E-state index is 12.1. The van der Waals surface area contributed by atoms with Gasteiger partial charge in [-0.15, -0.1) is 0 Å². The van der Waals surface area contributed by atoms with Crippen LogP contribution in [0.5, 0.6) is 57.5 Å². The topological polar surface area (TPSA) is 263 Å². The van der Waals surface area contributed by atoms with E-state index in [2.05, 4.69) is 55.4 Å². The van der Waals surface area contributed by atoms with Gasteiger partial charge in [0.15, 0.2) is 34.5 Å². The molecule has 10 N–H and O–H groups in total. The van der Waals surface area contributed by atoms with Gasteiger partial charge in [0.2, 0.25) is 22.4 Å². The van der Waals surface area contributed by atoms with Crippen molar-refractivity contribution in [2.45, 2.75) is 97.9 Å². The van der Waals surface area contributed by atoms with Gasteiger partial charge < -0.3 is 59.9 Å². The van der Waals surface area contributed by atoms with Gasteiger partial charge in [-0.25, -0.2) is 0 Å². The van der Waals surface area contributed by atoms with Crippen LogP contribution >= 0.6 is 0 Å². The average molecular weight is 841 g/mol. The molecule has 0 amide bonds. The molecular formula is C46H64O14. The lowest BCUT2D eigenvalue weighted by Gasteiger charge is -2.08. The summed E-state index contributed by atoms with van der Waals surface area (Å²) in [5.74, 6) is -5.43. The van der Waals surface area contributed by atoms with Gasteiger partial charge in [0.1, 0.15) is 44.9 Å². The zero-order valence-electron chi connectivity index (χ0n) is 34.9. The first-order chi connectivity index (χ1) is 26.8. The van der Waals surface area contributed by atoms with E-state index in [9.17, 15) is 60.7 Å². The SMILES string of the molecule is C.C.CC.CC.CC(C)(C)C.CC(C)(C)C.O=c1c(O)c(-c2ccc(O)c(O)c2)oc2cc(O)cc(O)c12.O=c1c(O)c(-c2ccc(O)c(O)c2)oc2cc(O)cc(O)c12. The maximum atomic E-state index is 12.1. The molecule has 0 bridgehead atoms. The number of rotatable bonds is 2. The van der Waals surface area contributed by atoms with Crippen molar-refractivity contribution < 1.29 is 59.9 Å². The Hall–Kier alpha value is -6.70. The molecular weight excluding hydrogens is 776 g/mol. The first-order valence-electron chi connectivity index (χ1n) is 18.2. The van der Waals surface area contributed by atoms with E-state index in [0.29, 0.717) is 10.8 Å². The van der Waals surface area contributed by atoms with Gasteiger partial charge in [-0.3, -0.25) is 9.59 Å². The molecule has 0 saturated carbocycles. The van der Waals surface area contributed by atoms with Crippen LogP contribution in [-0.2, 0) is 0 Å². The van der Waals surface area contributed by atoms with Crippen LogP contribution in [0.3, 0.4) is 0 Å². The summed E-state index contributed by atoms with van der Waals surface area (Å²) in [6, 6.07) is 11.3. The van der Waals surface area contributed by atoms with Crippen LogP contribution in [0.2, 0.25) is 0 Å². The summed E-state index contributed by atoms with van der Waals surface area (Å²) in [5, 5.41) is 95.3. The Kier molecular flexibility index (Phi) is 21.3. The maximum Gasteiger partial charge on any atom is 0.238 e. The summed E-state index contributed by atoms with van der Waals surface area (Å²) in [6.07, 6.45) is 0. The summed E-state index contributed by atoms with van der Waals surface area (Å²) in [7, 11) is 0.